The molecule has 0 saturated carbocycles. The minimum absolute atomic E-state index is 0.615. The molecule has 1 aromatic rings. The second kappa shape index (κ2) is 4.83. The van der Waals surface area contributed by atoms with Gasteiger partial charge in [-0.15, -0.1) is 11.3 Å². The van der Waals surface area contributed by atoms with Crippen molar-refractivity contribution in [3.63, 3.8) is 0 Å². The first-order chi connectivity index (χ1) is 7.55. The minimum atomic E-state index is -3.00. The first-order valence-corrected chi connectivity index (χ1v) is 7.98. The highest BCUT2D eigenvalue weighted by Crippen LogP contribution is 2.14. The maximum absolute atomic E-state index is 11.3. The molecule has 90 valence electrons. The van der Waals surface area contributed by atoms with E-state index in [9.17, 15) is 8.42 Å². The summed E-state index contributed by atoms with van der Waals surface area (Å²) in [4.78, 5) is 3.64. The maximum Gasteiger partial charge on any atom is 0.211 e. The summed E-state index contributed by atoms with van der Waals surface area (Å²) in [6.45, 7) is 3.82. The van der Waals surface area contributed by atoms with Gasteiger partial charge in [-0.05, 0) is 11.4 Å². The molecule has 1 aliphatic rings. The van der Waals surface area contributed by atoms with Crippen molar-refractivity contribution < 1.29 is 8.42 Å². The third kappa shape index (κ3) is 3.04. The van der Waals surface area contributed by atoms with Gasteiger partial charge in [0.1, 0.15) is 0 Å². The van der Waals surface area contributed by atoms with Crippen LogP contribution in [0.1, 0.15) is 4.88 Å². The molecule has 2 rings (SSSR count). The predicted molar refractivity (Wildman–Crippen MR) is 66.0 cm³/mol. The van der Waals surface area contributed by atoms with Crippen LogP contribution in [0, 0.1) is 0 Å². The van der Waals surface area contributed by atoms with Gasteiger partial charge < -0.3 is 0 Å². The van der Waals surface area contributed by atoms with Gasteiger partial charge in [0.05, 0.1) is 6.26 Å². The van der Waals surface area contributed by atoms with Crippen molar-refractivity contribution in [1.29, 1.82) is 0 Å². The van der Waals surface area contributed by atoms with Crippen molar-refractivity contribution in [3.8, 4) is 0 Å². The average molecular weight is 260 g/mol. The summed E-state index contributed by atoms with van der Waals surface area (Å²) in [6.07, 6.45) is 1.28. The number of nitrogens with zero attached hydrogens (tertiary/aromatic N) is 2. The highest BCUT2D eigenvalue weighted by atomic mass is 32.2. The van der Waals surface area contributed by atoms with E-state index in [1.165, 1.54) is 11.1 Å². The summed E-state index contributed by atoms with van der Waals surface area (Å²) in [5, 5.41) is 2.07. The first-order valence-electron chi connectivity index (χ1n) is 5.25. The SMILES string of the molecule is CS(=O)(=O)N1CCN(Cc2cccs2)CC1. The van der Waals surface area contributed by atoms with Crippen molar-refractivity contribution >= 4 is 21.4 Å². The van der Waals surface area contributed by atoms with Crippen LogP contribution in [0.4, 0.5) is 0 Å². The highest BCUT2D eigenvalue weighted by Gasteiger charge is 2.23. The lowest BCUT2D eigenvalue weighted by atomic mass is 10.3. The van der Waals surface area contributed by atoms with Crippen LogP contribution in [-0.2, 0) is 16.6 Å². The summed E-state index contributed by atoms with van der Waals surface area (Å²) < 4.78 is 24.2. The molecule has 4 nitrogen and oxygen atoms in total. The Bertz CT molecular complexity index is 420. The van der Waals surface area contributed by atoms with Crippen LogP contribution in [0.15, 0.2) is 17.5 Å². The molecule has 0 atom stereocenters. The Morgan fingerprint density at radius 1 is 1.31 bits per heavy atom. The molecule has 16 heavy (non-hydrogen) atoms. The van der Waals surface area contributed by atoms with Gasteiger partial charge in [-0.1, -0.05) is 6.07 Å². The fourth-order valence-electron chi connectivity index (χ4n) is 1.84. The molecule has 1 aliphatic heterocycles. The van der Waals surface area contributed by atoms with Gasteiger partial charge in [0, 0.05) is 37.6 Å². The molecule has 0 radical (unpaired) electrons. The van der Waals surface area contributed by atoms with Crippen LogP contribution in [0.2, 0.25) is 0 Å². The smallest absolute Gasteiger partial charge is 0.211 e. The molecule has 6 heteroatoms. The van der Waals surface area contributed by atoms with Gasteiger partial charge in [0.25, 0.3) is 0 Å². The molecule has 0 spiro atoms. The van der Waals surface area contributed by atoms with Crippen LogP contribution in [0.3, 0.4) is 0 Å². The number of thiophene rings is 1. The number of hydrogen-bond acceptors (Lipinski definition) is 4. The van der Waals surface area contributed by atoms with E-state index in [2.05, 4.69) is 16.3 Å². The normalized spacial score (nSPS) is 20.1. The molecule has 0 amide bonds. The second-order valence-electron chi connectivity index (χ2n) is 4.02. The van der Waals surface area contributed by atoms with Crippen molar-refractivity contribution in [3.05, 3.63) is 22.4 Å². The quantitative estimate of drug-likeness (QED) is 0.808. The molecular formula is C10H16N2O2S2. The molecule has 1 aromatic heterocycles. The van der Waals surface area contributed by atoms with E-state index >= 15 is 0 Å². The third-order valence-electron chi connectivity index (χ3n) is 2.76. The van der Waals surface area contributed by atoms with E-state index in [0.717, 1.165) is 19.6 Å². The molecule has 1 saturated heterocycles. The molecule has 0 unspecified atom stereocenters. The summed E-state index contributed by atoms with van der Waals surface area (Å²) in [6, 6.07) is 4.17. The number of sulfonamides is 1. The Kier molecular flexibility index (Phi) is 3.63. The molecule has 2 heterocycles. The molecule has 1 fully saturated rings. The van der Waals surface area contributed by atoms with Gasteiger partial charge in [0.2, 0.25) is 10.0 Å². The van der Waals surface area contributed by atoms with Crippen LogP contribution < -0.4 is 0 Å². The standard InChI is InChI=1S/C10H16N2O2S2/c1-16(13,14)12-6-4-11(5-7-12)9-10-3-2-8-15-10/h2-3,8H,4-7,9H2,1H3. The van der Waals surface area contributed by atoms with Crippen LogP contribution in [0.25, 0.3) is 0 Å². The minimum Gasteiger partial charge on any atom is -0.296 e. The van der Waals surface area contributed by atoms with Crippen LogP contribution >= 0.6 is 11.3 Å². The zero-order valence-corrected chi connectivity index (χ0v) is 10.9. The van der Waals surface area contributed by atoms with Gasteiger partial charge in [-0.25, -0.2) is 8.42 Å². The Morgan fingerprint density at radius 2 is 2.00 bits per heavy atom. The Balaban J connectivity index is 1.86. The van der Waals surface area contributed by atoms with Crippen LogP contribution in [-0.4, -0.2) is 50.1 Å². The molecular weight excluding hydrogens is 244 g/mol. The van der Waals surface area contributed by atoms with Crippen molar-refractivity contribution in [2.24, 2.45) is 0 Å². The number of rotatable bonds is 3. The zero-order valence-electron chi connectivity index (χ0n) is 9.30. The molecule has 0 N–H and O–H groups in total. The first kappa shape index (κ1) is 12.0. The predicted octanol–water partition coefficient (Wildman–Crippen LogP) is 0.825. The van der Waals surface area contributed by atoms with Gasteiger partial charge in [-0.2, -0.15) is 4.31 Å². The highest BCUT2D eigenvalue weighted by molar-refractivity contribution is 7.88. The van der Waals surface area contributed by atoms with Crippen LogP contribution in [0.5, 0.6) is 0 Å². The lowest BCUT2D eigenvalue weighted by molar-refractivity contribution is 0.183. The fourth-order valence-corrected chi connectivity index (χ4v) is 3.41. The van der Waals surface area contributed by atoms with Crippen molar-refractivity contribution in [2.45, 2.75) is 6.54 Å². The Morgan fingerprint density at radius 3 is 2.50 bits per heavy atom. The van der Waals surface area contributed by atoms with Gasteiger partial charge in [0.15, 0.2) is 0 Å². The monoisotopic (exact) mass is 260 g/mol. The Hall–Kier alpha value is -0.430. The largest absolute Gasteiger partial charge is 0.296 e. The van der Waals surface area contributed by atoms with E-state index in [1.54, 1.807) is 15.6 Å². The topological polar surface area (TPSA) is 40.6 Å². The second-order valence-corrected chi connectivity index (χ2v) is 7.03. The van der Waals surface area contributed by atoms with Gasteiger partial charge in [-0.3, -0.25) is 4.90 Å². The number of hydrogen-bond donors (Lipinski definition) is 0. The van der Waals surface area contributed by atoms with E-state index in [1.807, 2.05) is 6.07 Å². The Labute approximate surface area is 101 Å². The van der Waals surface area contributed by atoms with Crippen molar-refractivity contribution in [2.75, 3.05) is 32.4 Å². The summed E-state index contributed by atoms with van der Waals surface area (Å²) in [7, 11) is -3.00. The third-order valence-corrected chi connectivity index (χ3v) is 4.92. The van der Waals surface area contributed by atoms with E-state index in [4.69, 9.17) is 0 Å². The number of piperazine rings is 1. The fraction of sp³-hybridized carbons (Fsp3) is 0.600. The summed E-state index contributed by atoms with van der Waals surface area (Å²) >= 11 is 1.75. The molecule has 0 bridgehead atoms. The van der Waals surface area contributed by atoms with Gasteiger partial charge >= 0.3 is 0 Å². The lowest BCUT2D eigenvalue weighted by Gasteiger charge is -2.32. The van der Waals surface area contributed by atoms with Crippen molar-refractivity contribution in [1.82, 2.24) is 9.21 Å². The lowest BCUT2D eigenvalue weighted by Crippen LogP contribution is -2.47. The van der Waals surface area contributed by atoms with E-state index < -0.39 is 10.0 Å². The molecule has 0 aliphatic carbocycles. The van der Waals surface area contributed by atoms with E-state index in [-0.39, 0.29) is 0 Å². The summed E-state index contributed by atoms with van der Waals surface area (Å²) in [5.41, 5.74) is 0. The average Bonchev–Trinajstić information content (AvgIpc) is 2.70. The molecule has 0 aromatic carbocycles. The van der Waals surface area contributed by atoms with E-state index in [0.29, 0.717) is 13.1 Å². The zero-order chi connectivity index (χ0) is 11.6. The maximum atomic E-state index is 11.3. The summed E-state index contributed by atoms with van der Waals surface area (Å²) in [5.74, 6) is 0.